The second kappa shape index (κ2) is 7.01. The van der Waals surface area contributed by atoms with Gasteiger partial charge < -0.3 is 9.80 Å². The smallest absolute Gasteiger partial charge is 0.260 e. The van der Waals surface area contributed by atoms with Gasteiger partial charge in [0.25, 0.3) is 5.91 Å². The van der Waals surface area contributed by atoms with E-state index in [0.717, 1.165) is 6.92 Å². The average molecular weight is 360 g/mol. The number of hydrogen-bond donors (Lipinski definition) is 0. The van der Waals surface area contributed by atoms with Gasteiger partial charge in [-0.2, -0.15) is 0 Å². The van der Waals surface area contributed by atoms with Crippen LogP contribution < -0.4 is 0 Å². The highest BCUT2D eigenvalue weighted by molar-refractivity contribution is 5.95. The lowest BCUT2D eigenvalue weighted by molar-refractivity contribution is -0.136. The summed E-state index contributed by atoms with van der Waals surface area (Å²) in [5, 5.41) is 0. The number of carbonyl (C=O) groups is 2. The SMILES string of the molecule is Cc1c(F)c(F)c(F)c(C(=O)N2CCN(C(=O)C(C)C)CC2C)c1F. The van der Waals surface area contributed by atoms with Crippen LogP contribution in [0.5, 0.6) is 0 Å². The van der Waals surface area contributed by atoms with Crippen molar-refractivity contribution in [3.63, 3.8) is 0 Å². The lowest BCUT2D eigenvalue weighted by Gasteiger charge is -2.40. The molecule has 1 aromatic carbocycles. The van der Waals surface area contributed by atoms with Gasteiger partial charge in [-0.15, -0.1) is 0 Å². The van der Waals surface area contributed by atoms with Gasteiger partial charge in [0, 0.05) is 37.2 Å². The van der Waals surface area contributed by atoms with Crippen molar-refractivity contribution in [1.82, 2.24) is 9.80 Å². The largest absolute Gasteiger partial charge is 0.339 e. The predicted molar refractivity (Wildman–Crippen MR) is 82.9 cm³/mol. The third-order valence-corrected chi connectivity index (χ3v) is 4.39. The molecule has 138 valence electrons. The van der Waals surface area contributed by atoms with Crippen LogP contribution in [-0.4, -0.2) is 47.3 Å². The molecule has 1 aliphatic rings. The molecule has 1 heterocycles. The van der Waals surface area contributed by atoms with Crippen molar-refractivity contribution < 1.29 is 27.2 Å². The molecule has 0 aromatic heterocycles. The lowest BCUT2D eigenvalue weighted by Crippen LogP contribution is -2.56. The van der Waals surface area contributed by atoms with Crippen LogP contribution in [0.25, 0.3) is 0 Å². The van der Waals surface area contributed by atoms with E-state index >= 15 is 0 Å². The Morgan fingerprint density at radius 2 is 1.60 bits per heavy atom. The maximum atomic E-state index is 14.2. The standard InChI is InChI=1S/C17H20F4N2O2/c1-8(2)16(24)22-5-6-23(9(3)7-22)17(25)11-12(18)10(4)13(19)15(21)14(11)20/h8-9H,5-7H2,1-4H3. The molecule has 1 aliphatic heterocycles. The molecule has 1 atom stereocenters. The minimum atomic E-state index is -1.87. The molecule has 1 fully saturated rings. The van der Waals surface area contributed by atoms with Crippen molar-refractivity contribution in [2.75, 3.05) is 19.6 Å². The lowest BCUT2D eigenvalue weighted by atomic mass is 10.0. The maximum Gasteiger partial charge on any atom is 0.260 e. The second-order valence-corrected chi connectivity index (χ2v) is 6.54. The number of nitrogens with zero attached hydrogens (tertiary/aromatic N) is 2. The van der Waals surface area contributed by atoms with Crippen molar-refractivity contribution in [1.29, 1.82) is 0 Å². The fraction of sp³-hybridized carbons (Fsp3) is 0.529. The Bertz CT molecular complexity index is 692. The number of halogens is 4. The van der Waals surface area contributed by atoms with Gasteiger partial charge in [0.2, 0.25) is 5.91 Å². The first-order chi connectivity index (χ1) is 11.6. The first kappa shape index (κ1) is 19.2. The minimum absolute atomic E-state index is 0.0510. The first-order valence-electron chi connectivity index (χ1n) is 8.00. The van der Waals surface area contributed by atoms with Gasteiger partial charge in [0.05, 0.1) is 0 Å². The Balaban J connectivity index is 2.30. The topological polar surface area (TPSA) is 40.6 Å². The molecular formula is C17H20F4N2O2. The molecule has 1 saturated heterocycles. The van der Waals surface area contributed by atoms with E-state index in [1.54, 1.807) is 25.7 Å². The molecule has 0 saturated carbocycles. The molecule has 4 nitrogen and oxygen atoms in total. The number of carbonyl (C=O) groups excluding carboxylic acids is 2. The molecule has 2 amide bonds. The van der Waals surface area contributed by atoms with Gasteiger partial charge >= 0.3 is 0 Å². The quantitative estimate of drug-likeness (QED) is 0.462. The molecule has 8 heteroatoms. The summed E-state index contributed by atoms with van der Waals surface area (Å²) >= 11 is 0. The molecule has 1 unspecified atom stereocenters. The summed E-state index contributed by atoms with van der Waals surface area (Å²) in [6.07, 6.45) is 0. The van der Waals surface area contributed by atoms with E-state index in [4.69, 9.17) is 0 Å². The Morgan fingerprint density at radius 1 is 1.00 bits per heavy atom. The highest BCUT2D eigenvalue weighted by atomic mass is 19.2. The Morgan fingerprint density at radius 3 is 2.12 bits per heavy atom. The highest BCUT2D eigenvalue weighted by Gasteiger charge is 2.35. The van der Waals surface area contributed by atoms with Gasteiger partial charge in [-0.3, -0.25) is 9.59 Å². The number of benzene rings is 1. The molecule has 25 heavy (non-hydrogen) atoms. The predicted octanol–water partition coefficient (Wildman–Crippen LogP) is 2.88. The fourth-order valence-electron chi connectivity index (χ4n) is 2.91. The molecule has 0 spiro atoms. The Kier molecular flexibility index (Phi) is 5.39. The first-order valence-corrected chi connectivity index (χ1v) is 8.00. The molecule has 2 rings (SSSR count). The van der Waals surface area contributed by atoms with Crippen LogP contribution >= 0.6 is 0 Å². The van der Waals surface area contributed by atoms with Gasteiger partial charge in [-0.05, 0) is 13.8 Å². The van der Waals surface area contributed by atoms with Crippen LogP contribution in [-0.2, 0) is 4.79 Å². The van der Waals surface area contributed by atoms with Crippen LogP contribution in [0.15, 0.2) is 0 Å². The summed E-state index contributed by atoms with van der Waals surface area (Å²) in [4.78, 5) is 27.3. The molecule has 1 aromatic rings. The third kappa shape index (κ3) is 3.34. The average Bonchev–Trinajstić information content (AvgIpc) is 2.57. The maximum absolute atomic E-state index is 14.2. The minimum Gasteiger partial charge on any atom is -0.339 e. The summed E-state index contributed by atoms with van der Waals surface area (Å²) in [6, 6.07) is -0.517. The summed E-state index contributed by atoms with van der Waals surface area (Å²) < 4.78 is 55.1. The van der Waals surface area contributed by atoms with E-state index in [0.29, 0.717) is 0 Å². The van der Waals surface area contributed by atoms with E-state index in [2.05, 4.69) is 0 Å². The molecular weight excluding hydrogens is 340 g/mol. The summed E-state index contributed by atoms with van der Waals surface area (Å²) in [5.74, 6) is -8.11. The van der Waals surface area contributed by atoms with Crippen molar-refractivity contribution in [2.24, 2.45) is 5.92 Å². The molecule has 0 bridgehead atoms. The van der Waals surface area contributed by atoms with Crippen molar-refractivity contribution in [2.45, 2.75) is 33.7 Å². The Labute approximate surface area is 143 Å². The van der Waals surface area contributed by atoms with E-state index in [-0.39, 0.29) is 31.5 Å². The van der Waals surface area contributed by atoms with Crippen LogP contribution in [0.3, 0.4) is 0 Å². The molecule has 0 N–H and O–H groups in total. The number of hydrogen-bond acceptors (Lipinski definition) is 2. The number of rotatable bonds is 2. The summed E-state index contributed by atoms with van der Waals surface area (Å²) in [5.41, 5.74) is -1.85. The molecule has 0 radical (unpaired) electrons. The zero-order valence-electron chi connectivity index (χ0n) is 14.5. The summed E-state index contributed by atoms with van der Waals surface area (Å²) in [7, 11) is 0. The van der Waals surface area contributed by atoms with Gasteiger partial charge in [-0.1, -0.05) is 13.8 Å². The van der Waals surface area contributed by atoms with Gasteiger partial charge in [0.1, 0.15) is 11.4 Å². The van der Waals surface area contributed by atoms with E-state index in [1.165, 1.54) is 4.90 Å². The highest BCUT2D eigenvalue weighted by Crippen LogP contribution is 2.26. The van der Waals surface area contributed by atoms with E-state index < -0.39 is 46.3 Å². The fourth-order valence-corrected chi connectivity index (χ4v) is 2.91. The van der Waals surface area contributed by atoms with Crippen molar-refractivity contribution >= 4 is 11.8 Å². The van der Waals surface area contributed by atoms with E-state index in [1.807, 2.05) is 0 Å². The van der Waals surface area contributed by atoms with Gasteiger partial charge in [0.15, 0.2) is 17.5 Å². The van der Waals surface area contributed by atoms with Crippen LogP contribution in [0.4, 0.5) is 17.6 Å². The van der Waals surface area contributed by atoms with Crippen LogP contribution in [0, 0.1) is 36.1 Å². The zero-order chi connectivity index (χ0) is 19.0. The van der Waals surface area contributed by atoms with Crippen LogP contribution in [0.2, 0.25) is 0 Å². The number of piperazine rings is 1. The van der Waals surface area contributed by atoms with E-state index in [9.17, 15) is 27.2 Å². The zero-order valence-corrected chi connectivity index (χ0v) is 14.5. The second-order valence-electron chi connectivity index (χ2n) is 6.54. The van der Waals surface area contributed by atoms with Crippen molar-refractivity contribution in [3.05, 3.63) is 34.4 Å². The monoisotopic (exact) mass is 360 g/mol. The van der Waals surface area contributed by atoms with Crippen molar-refractivity contribution in [3.8, 4) is 0 Å². The Hall–Kier alpha value is -2.12. The molecule has 0 aliphatic carbocycles. The number of amides is 2. The summed E-state index contributed by atoms with van der Waals surface area (Å²) in [6.45, 7) is 6.52. The normalized spacial score (nSPS) is 18.0. The van der Waals surface area contributed by atoms with Crippen LogP contribution in [0.1, 0.15) is 36.7 Å². The third-order valence-electron chi connectivity index (χ3n) is 4.39. The van der Waals surface area contributed by atoms with Gasteiger partial charge in [-0.25, -0.2) is 17.6 Å².